The van der Waals surface area contributed by atoms with Gasteiger partial charge in [-0.15, -0.1) is 0 Å². The van der Waals surface area contributed by atoms with E-state index in [-0.39, 0.29) is 5.82 Å². The predicted octanol–water partition coefficient (Wildman–Crippen LogP) is 3.16. The summed E-state index contributed by atoms with van der Waals surface area (Å²) in [5.41, 5.74) is 0.403. The van der Waals surface area contributed by atoms with Crippen LogP contribution in [0.4, 0.5) is 10.2 Å². The zero-order chi connectivity index (χ0) is 12.4. The molecule has 0 saturated heterocycles. The van der Waals surface area contributed by atoms with E-state index in [9.17, 15) is 4.39 Å². The van der Waals surface area contributed by atoms with Crippen LogP contribution < -0.4 is 5.32 Å². The molecule has 2 rings (SSSR count). The van der Waals surface area contributed by atoms with E-state index in [2.05, 4.69) is 29.1 Å². The van der Waals surface area contributed by atoms with Crippen molar-refractivity contribution in [3.63, 3.8) is 0 Å². The topological polar surface area (TPSA) is 37.8 Å². The lowest BCUT2D eigenvalue weighted by atomic mass is 9.93. The van der Waals surface area contributed by atoms with E-state index < -0.39 is 0 Å². The number of halogens is 1. The number of hydrogen-bond acceptors (Lipinski definition) is 3. The highest BCUT2D eigenvalue weighted by Crippen LogP contribution is 2.35. The van der Waals surface area contributed by atoms with E-state index in [0.717, 1.165) is 12.3 Å². The molecule has 1 aromatic heterocycles. The summed E-state index contributed by atoms with van der Waals surface area (Å²) in [5.74, 6) is 1.36. The molecule has 0 aliphatic heterocycles. The average Bonchev–Trinajstić information content (AvgIpc) is 2.66. The summed E-state index contributed by atoms with van der Waals surface area (Å²) in [4.78, 5) is 7.83. The molecule has 1 fully saturated rings. The second kappa shape index (κ2) is 4.98. The summed E-state index contributed by atoms with van der Waals surface area (Å²) in [6, 6.07) is 0.337. The summed E-state index contributed by atoms with van der Waals surface area (Å²) in [5, 5.41) is 3.24. The van der Waals surface area contributed by atoms with Crippen molar-refractivity contribution in [3.05, 3.63) is 17.8 Å². The van der Waals surface area contributed by atoms with Gasteiger partial charge >= 0.3 is 0 Å². The number of nitrogens with zero attached hydrogens (tertiary/aromatic N) is 2. The van der Waals surface area contributed by atoms with Gasteiger partial charge in [-0.1, -0.05) is 20.3 Å². The van der Waals surface area contributed by atoms with Gasteiger partial charge in [-0.2, -0.15) is 0 Å². The van der Waals surface area contributed by atoms with Crippen molar-refractivity contribution in [2.45, 2.75) is 46.1 Å². The largest absolute Gasteiger partial charge is 0.365 e. The van der Waals surface area contributed by atoms with Crippen molar-refractivity contribution in [3.8, 4) is 0 Å². The summed E-state index contributed by atoms with van der Waals surface area (Å²) >= 11 is 0. The minimum Gasteiger partial charge on any atom is -0.365 e. The Balaban J connectivity index is 2.09. The van der Waals surface area contributed by atoms with Crippen molar-refractivity contribution in [1.82, 2.24) is 9.97 Å². The maximum absolute atomic E-state index is 13.8. The lowest BCUT2D eigenvalue weighted by molar-refractivity contribution is 0.391. The van der Waals surface area contributed by atoms with Gasteiger partial charge in [-0.25, -0.2) is 14.4 Å². The Kier molecular flexibility index (Phi) is 3.60. The van der Waals surface area contributed by atoms with Gasteiger partial charge in [0.2, 0.25) is 0 Å². The molecular formula is C13H20FN3. The molecule has 1 aliphatic rings. The zero-order valence-electron chi connectivity index (χ0n) is 10.7. The molecule has 0 bridgehead atoms. The highest BCUT2D eigenvalue weighted by molar-refractivity contribution is 5.38. The first-order valence-corrected chi connectivity index (χ1v) is 6.37. The molecule has 3 nitrogen and oxygen atoms in total. The van der Waals surface area contributed by atoms with Crippen LogP contribution in [0.5, 0.6) is 0 Å². The number of aryl methyl sites for hydroxylation is 1. The van der Waals surface area contributed by atoms with E-state index in [1.54, 1.807) is 6.92 Å². The normalized spacial score (nSPS) is 28.4. The SMILES string of the molecule is CCC1CCC(Nc2ncnc(C)c2F)C1C. The van der Waals surface area contributed by atoms with Crippen LogP contribution in [0.25, 0.3) is 0 Å². The van der Waals surface area contributed by atoms with Gasteiger partial charge in [-0.3, -0.25) is 0 Å². The molecule has 3 atom stereocenters. The molecule has 3 unspecified atom stereocenters. The van der Waals surface area contributed by atoms with Crippen LogP contribution in [-0.2, 0) is 0 Å². The van der Waals surface area contributed by atoms with Crippen molar-refractivity contribution < 1.29 is 4.39 Å². The van der Waals surface area contributed by atoms with Crippen LogP contribution in [0, 0.1) is 24.6 Å². The lowest BCUT2D eigenvalue weighted by Crippen LogP contribution is -2.26. The van der Waals surface area contributed by atoms with Crippen LogP contribution in [0.1, 0.15) is 38.8 Å². The molecule has 0 radical (unpaired) electrons. The van der Waals surface area contributed by atoms with Gasteiger partial charge in [0.15, 0.2) is 11.6 Å². The van der Waals surface area contributed by atoms with Gasteiger partial charge in [0.25, 0.3) is 0 Å². The third kappa shape index (κ3) is 2.40. The molecule has 17 heavy (non-hydrogen) atoms. The molecule has 4 heteroatoms. The fourth-order valence-corrected chi connectivity index (χ4v) is 2.76. The molecular weight excluding hydrogens is 217 g/mol. The standard InChI is InChI=1S/C13H20FN3/c1-4-10-5-6-11(8(10)2)17-13-12(14)9(3)15-7-16-13/h7-8,10-11H,4-6H2,1-3H3,(H,15,16,17). The molecule has 1 saturated carbocycles. The van der Waals surface area contributed by atoms with E-state index in [1.165, 1.54) is 19.2 Å². The van der Waals surface area contributed by atoms with Crippen LogP contribution in [0.3, 0.4) is 0 Å². The van der Waals surface area contributed by atoms with Crippen molar-refractivity contribution >= 4 is 5.82 Å². The quantitative estimate of drug-likeness (QED) is 0.877. The van der Waals surface area contributed by atoms with Gasteiger partial charge in [0.1, 0.15) is 6.33 Å². The summed E-state index contributed by atoms with van der Waals surface area (Å²) in [6.45, 7) is 6.12. The smallest absolute Gasteiger partial charge is 0.186 e. The number of aromatic nitrogens is 2. The molecule has 1 aromatic rings. The minimum atomic E-state index is -0.320. The molecule has 0 aromatic carbocycles. The summed E-state index contributed by atoms with van der Waals surface area (Å²) < 4.78 is 13.8. The predicted molar refractivity (Wildman–Crippen MR) is 66.3 cm³/mol. The maximum atomic E-state index is 13.8. The Hall–Kier alpha value is -1.19. The van der Waals surface area contributed by atoms with Gasteiger partial charge in [0, 0.05) is 6.04 Å². The van der Waals surface area contributed by atoms with Gasteiger partial charge < -0.3 is 5.32 Å². The number of hydrogen-bond donors (Lipinski definition) is 1. The highest BCUT2D eigenvalue weighted by Gasteiger charge is 2.32. The molecule has 1 aliphatic carbocycles. The fraction of sp³-hybridized carbons (Fsp3) is 0.692. The van der Waals surface area contributed by atoms with Crippen molar-refractivity contribution in [1.29, 1.82) is 0 Å². The van der Waals surface area contributed by atoms with Crippen LogP contribution >= 0.6 is 0 Å². The molecule has 1 heterocycles. The third-order valence-electron chi connectivity index (χ3n) is 4.04. The van der Waals surface area contributed by atoms with Crippen LogP contribution in [0.15, 0.2) is 6.33 Å². The van der Waals surface area contributed by atoms with Crippen LogP contribution in [0.2, 0.25) is 0 Å². The van der Waals surface area contributed by atoms with E-state index in [0.29, 0.717) is 23.5 Å². The molecule has 0 spiro atoms. The minimum absolute atomic E-state index is 0.320. The molecule has 0 amide bonds. The van der Waals surface area contributed by atoms with E-state index >= 15 is 0 Å². The van der Waals surface area contributed by atoms with Crippen molar-refractivity contribution in [2.24, 2.45) is 11.8 Å². The fourth-order valence-electron chi connectivity index (χ4n) is 2.76. The number of nitrogens with one attached hydrogen (secondary N) is 1. The first-order valence-electron chi connectivity index (χ1n) is 6.37. The molecule has 94 valence electrons. The Morgan fingerprint density at radius 3 is 2.82 bits per heavy atom. The second-order valence-electron chi connectivity index (χ2n) is 4.98. The maximum Gasteiger partial charge on any atom is 0.186 e. The third-order valence-corrected chi connectivity index (χ3v) is 4.04. The summed E-state index contributed by atoms with van der Waals surface area (Å²) in [6.07, 6.45) is 4.94. The Morgan fingerprint density at radius 1 is 1.41 bits per heavy atom. The second-order valence-corrected chi connectivity index (χ2v) is 4.98. The average molecular weight is 237 g/mol. The Morgan fingerprint density at radius 2 is 2.18 bits per heavy atom. The zero-order valence-corrected chi connectivity index (χ0v) is 10.7. The highest BCUT2D eigenvalue weighted by atomic mass is 19.1. The first-order chi connectivity index (χ1) is 8.13. The Bertz CT molecular complexity index is 394. The lowest BCUT2D eigenvalue weighted by Gasteiger charge is -2.21. The monoisotopic (exact) mass is 237 g/mol. The Labute approximate surface area is 102 Å². The molecule has 1 N–H and O–H groups in total. The first kappa shape index (κ1) is 12.3. The van der Waals surface area contributed by atoms with E-state index in [1.807, 2.05) is 0 Å². The number of rotatable bonds is 3. The van der Waals surface area contributed by atoms with Crippen molar-refractivity contribution in [2.75, 3.05) is 5.32 Å². The number of anilines is 1. The van der Waals surface area contributed by atoms with E-state index in [4.69, 9.17) is 0 Å². The van der Waals surface area contributed by atoms with Gasteiger partial charge in [0.05, 0.1) is 5.69 Å². The van der Waals surface area contributed by atoms with Crippen LogP contribution in [-0.4, -0.2) is 16.0 Å². The van der Waals surface area contributed by atoms with Gasteiger partial charge in [-0.05, 0) is 31.6 Å². The summed E-state index contributed by atoms with van der Waals surface area (Å²) in [7, 11) is 0.